The maximum absolute atomic E-state index is 12.6. The molecular formula is C22H21N5O. The Bertz CT molecular complexity index is 1020. The highest BCUT2D eigenvalue weighted by Gasteiger charge is 2.14. The Labute approximate surface area is 164 Å². The van der Waals surface area contributed by atoms with Gasteiger partial charge in [-0.1, -0.05) is 32.0 Å². The minimum atomic E-state index is -0.298. The number of para-hydroxylation sites is 1. The molecule has 0 atom stereocenters. The van der Waals surface area contributed by atoms with Crippen LogP contribution >= 0.6 is 0 Å². The summed E-state index contributed by atoms with van der Waals surface area (Å²) in [5, 5.41) is 14.9. The third-order valence-corrected chi connectivity index (χ3v) is 4.34. The Morgan fingerprint density at radius 3 is 2.43 bits per heavy atom. The Morgan fingerprint density at radius 2 is 1.82 bits per heavy atom. The van der Waals surface area contributed by atoms with Crippen LogP contribution in [-0.4, -0.2) is 15.9 Å². The molecule has 1 heterocycles. The first kappa shape index (κ1) is 19.1. The average molecular weight is 371 g/mol. The monoisotopic (exact) mass is 371 g/mol. The summed E-state index contributed by atoms with van der Waals surface area (Å²) in [4.78, 5) is 21.1. The standard InChI is InChI=1S/C22H21N5O/c1-14(2)18-6-4-5-15(3)21(18)27-22(28)19-12-25-20(13-24-19)26-17-9-7-16(11-23)8-10-17/h4-10,12-14H,1-3H3,(H,25,26)(H,27,28). The first-order valence-corrected chi connectivity index (χ1v) is 8.98. The van der Waals surface area contributed by atoms with Gasteiger partial charge in [0.25, 0.3) is 5.91 Å². The predicted octanol–water partition coefficient (Wildman–Crippen LogP) is 4.78. The lowest BCUT2D eigenvalue weighted by atomic mass is 9.98. The van der Waals surface area contributed by atoms with Crippen LogP contribution in [0.2, 0.25) is 0 Å². The van der Waals surface area contributed by atoms with E-state index < -0.39 is 0 Å². The molecule has 1 aromatic heterocycles. The first-order valence-electron chi connectivity index (χ1n) is 8.98. The van der Waals surface area contributed by atoms with Crippen molar-refractivity contribution in [3.05, 3.63) is 77.2 Å². The molecule has 3 rings (SSSR count). The van der Waals surface area contributed by atoms with Gasteiger partial charge in [-0.3, -0.25) is 4.79 Å². The number of anilines is 3. The lowest BCUT2D eigenvalue weighted by Crippen LogP contribution is -2.16. The van der Waals surface area contributed by atoms with Crippen molar-refractivity contribution in [1.29, 1.82) is 5.26 Å². The number of hydrogen-bond donors (Lipinski definition) is 2. The maximum Gasteiger partial charge on any atom is 0.275 e. The van der Waals surface area contributed by atoms with Crippen LogP contribution in [0.1, 0.15) is 46.9 Å². The quantitative estimate of drug-likeness (QED) is 0.674. The highest BCUT2D eigenvalue weighted by Crippen LogP contribution is 2.27. The topological polar surface area (TPSA) is 90.7 Å². The molecule has 0 unspecified atom stereocenters. The van der Waals surface area contributed by atoms with Crippen molar-refractivity contribution in [2.45, 2.75) is 26.7 Å². The van der Waals surface area contributed by atoms with Crippen LogP contribution in [0, 0.1) is 18.3 Å². The number of amides is 1. The number of nitriles is 1. The van der Waals surface area contributed by atoms with Crippen molar-refractivity contribution in [1.82, 2.24) is 9.97 Å². The molecule has 0 saturated carbocycles. The summed E-state index contributed by atoms with van der Waals surface area (Å²) in [6, 6.07) is 15.0. The summed E-state index contributed by atoms with van der Waals surface area (Å²) in [5.74, 6) is 0.508. The third-order valence-electron chi connectivity index (χ3n) is 4.34. The lowest BCUT2D eigenvalue weighted by Gasteiger charge is -2.16. The summed E-state index contributed by atoms with van der Waals surface area (Å²) in [6.45, 7) is 6.15. The normalized spacial score (nSPS) is 10.4. The predicted molar refractivity (Wildman–Crippen MR) is 110 cm³/mol. The summed E-state index contributed by atoms with van der Waals surface area (Å²) >= 11 is 0. The van der Waals surface area contributed by atoms with Crippen molar-refractivity contribution in [3.63, 3.8) is 0 Å². The molecule has 2 aromatic carbocycles. The van der Waals surface area contributed by atoms with Crippen molar-refractivity contribution >= 4 is 23.1 Å². The number of nitrogens with zero attached hydrogens (tertiary/aromatic N) is 3. The zero-order valence-corrected chi connectivity index (χ0v) is 16.0. The van der Waals surface area contributed by atoms with E-state index in [1.54, 1.807) is 24.3 Å². The molecule has 0 radical (unpaired) electrons. The fraction of sp³-hybridized carbons (Fsp3) is 0.182. The second kappa shape index (κ2) is 8.31. The number of nitrogens with one attached hydrogen (secondary N) is 2. The number of rotatable bonds is 5. The largest absolute Gasteiger partial charge is 0.339 e. The van der Waals surface area contributed by atoms with Gasteiger partial charge in [-0.05, 0) is 48.2 Å². The Morgan fingerprint density at radius 1 is 1.07 bits per heavy atom. The van der Waals surface area contributed by atoms with Gasteiger partial charge in [-0.15, -0.1) is 0 Å². The highest BCUT2D eigenvalue weighted by molar-refractivity contribution is 6.03. The van der Waals surface area contributed by atoms with Crippen molar-refractivity contribution in [2.24, 2.45) is 0 Å². The van der Waals surface area contributed by atoms with Crippen LogP contribution in [0.3, 0.4) is 0 Å². The smallest absolute Gasteiger partial charge is 0.275 e. The molecule has 1 amide bonds. The van der Waals surface area contributed by atoms with Crippen molar-refractivity contribution in [2.75, 3.05) is 10.6 Å². The molecule has 0 fully saturated rings. The van der Waals surface area contributed by atoms with Crippen LogP contribution < -0.4 is 10.6 Å². The van der Waals surface area contributed by atoms with Crippen LogP contribution in [0.25, 0.3) is 0 Å². The van der Waals surface area contributed by atoms with E-state index in [1.807, 2.05) is 25.1 Å². The van der Waals surface area contributed by atoms with E-state index in [2.05, 4.69) is 40.5 Å². The van der Waals surface area contributed by atoms with Gasteiger partial charge >= 0.3 is 0 Å². The van der Waals surface area contributed by atoms with E-state index in [1.165, 1.54) is 12.4 Å². The van der Waals surface area contributed by atoms with E-state index in [0.29, 0.717) is 17.3 Å². The summed E-state index contributed by atoms with van der Waals surface area (Å²) in [5.41, 5.74) is 4.52. The van der Waals surface area contributed by atoms with Gasteiger partial charge in [0.2, 0.25) is 0 Å². The Kier molecular flexibility index (Phi) is 5.66. The van der Waals surface area contributed by atoms with Crippen molar-refractivity contribution in [3.8, 4) is 6.07 Å². The lowest BCUT2D eigenvalue weighted by molar-refractivity contribution is 0.102. The van der Waals surface area contributed by atoms with E-state index in [9.17, 15) is 4.79 Å². The van der Waals surface area contributed by atoms with E-state index in [4.69, 9.17) is 5.26 Å². The number of aryl methyl sites for hydroxylation is 1. The molecule has 0 aliphatic carbocycles. The number of hydrogen-bond acceptors (Lipinski definition) is 5. The molecule has 0 bridgehead atoms. The van der Waals surface area contributed by atoms with Crippen LogP contribution in [0.5, 0.6) is 0 Å². The Balaban J connectivity index is 1.73. The molecular weight excluding hydrogens is 350 g/mol. The van der Waals surface area contributed by atoms with Crippen LogP contribution in [0.4, 0.5) is 17.2 Å². The highest BCUT2D eigenvalue weighted by atomic mass is 16.1. The van der Waals surface area contributed by atoms with Crippen molar-refractivity contribution < 1.29 is 4.79 Å². The maximum atomic E-state index is 12.6. The second-order valence-electron chi connectivity index (χ2n) is 6.75. The van der Waals surface area contributed by atoms with E-state index in [0.717, 1.165) is 22.5 Å². The third kappa shape index (κ3) is 4.33. The zero-order valence-electron chi connectivity index (χ0n) is 16.0. The number of carbonyl (C=O) groups is 1. The van der Waals surface area contributed by atoms with E-state index >= 15 is 0 Å². The van der Waals surface area contributed by atoms with Gasteiger partial charge in [0, 0.05) is 11.4 Å². The van der Waals surface area contributed by atoms with Gasteiger partial charge in [-0.2, -0.15) is 5.26 Å². The van der Waals surface area contributed by atoms with Gasteiger partial charge in [0.1, 0.15) is 11.5 Å². The number of carbonyl (C=O) groups excluding carboxylic acids is 1. The molecule has 140 valence electrons. The zero-order chi connectivity index (χ0) is 20.1. The molecule has 2 N–H and O–H groups in total. The Hall–Kier alpha value is -3.72. The molecule has 6 nitrogen and oxygen atoms in total. The van der Waals surface area contributed by atoms with Crippen LogP contribution in [-0.2, 0) is 0 Å². The fourth-order valence-corrected chi connectivity index (χ4v) is 2.81. The second-order valence-corrected chi connectivity index (χ2v) is 6.75. The summed E-state index contributed by atoms with van der Waals surface area (Å²) < 4.78 is 0. The average Bonchev–Trinajstić information content (AvgIpc) is 2.70. The SMILES string of the molecule is Cc1cccc(C(C)C)c1NC(=O)c1cnc(Nc2ccc(C#N)cc2)cn1. The molecule has 0 spiro atoms. The minimum Gasteiger partial charge on any atom is -0.339 e. The summed E-state index contributed by atoms with van der Waals surface area (Å²) in [7, 11) is 0. The fourth-order valence-electron chi connectivity index (χ4n) is 2.81. The molecule has 3 aromatic rings. The number of aromatic nitrogens is 2. The number of benzene rings is 2. The molecule has 0 aliphatic rings. The van der Waals surface area contributed by atoms with Gasteiger partial charge in [0.15, 0.2) is 0 Å². The molecule has 6 heteroatoms. The first-order chi connectivity index (χ1) is 13.5. The van der Waals surface area contributed by atoms with E-state index in [-0.39, 0.29) is 11.6 Å². The molecule has 28 heavy (non-hydrogen) atoms. The molecule has 0 saturated heterocycles. The van der Waals surface area contributed by atoms with Gasteiger partial charge in [-0.25, -0.2) is 9.97 Å². The van der Waals surface area contributed by atoms with Gasteiger partial charge in [0.05, 0.1) is 24.0 Å². The van der Waals surface area contributed by atoms with Gasteiger partial charge < -0.3 is 10.6 Å². The van der Waals surface area contributed by atoms with Crippen LogP contribution in [0.15, 0.2) is 54.9 Å². The molecule has 0 aliphatic heterocycles. The minimum absolute atomic E-state index is 0.239. The summed E-state index contributed by atoms with van der Waals surface area (Å²) in [6.07, 6.45) is 2.95.